The number of rotatable bonds is 4. The molecule has 2 heterocycles. The van der Waals surface area contributed by atoms with Gasteiger partial charge >= 0.3 is 6.03 Å². The summed E-state index contributed by atoms with van der Waals surface area (Å²) in [6.45, 7) is 5.82. The van der Waals surface area contributed by atoms with Crippen LogP contribution in [0.15, 0.2) is 48.7 Å². The number of halogens is 1. The number of hydrogen-bond donors (Lipinski definition) is 2. The van der Waals surface area contributed by atoms with Crippen molar-refractivity contribution < 1.29 is 4.79 Å². The molecule has 1 aliphatic heterocycles. The molecule has 0 bridgehead atoms. The van der Waals surface area contributed by atoms with Gasteiger partial charge in [-0.3, -0.25) is 0 Å². The smallest absolute Gasteiger partial charge is 0.317 e. The van der Waals surface area contributed by atoms with E-state index in [2.05, 4.69) is 40.3 Å². The molecule has 0 radical (unpaired) electrons. The lowest BCUT2D eigenvalue weighted by atomic mass is 10.1. The number of H-pyrrole nitrogens is 1. The predicted octanol–water partition coefficient (Wildman–Crippen LogP) is 4.20. The van der Waals surface area contributed by atoms with Crippen molar-refractivity contribution >= 4 is 34.2 Å². The Morgan fingerprint density at radius 1 is 1.14 bits per heavy atom. The number of hydrogen-bond acceptors (Lipinski definition) is 2. The molecular weight excluding hydrogens is 372 g/mol. The van der Waals surface area contributed by atoms with E-state index in [1.165, 1.54) is 22.2 Å². The van der Waals surface area contributed by atoms with Crippen molar-refractivity contribution in [1.82, 2.24) is 15.2 Å². The Morgan fingerprint density at radius 3 is 2.71 bits per heavy atom. The molecule has 1 aromatic heterocycles. The number of aromatic amines is 1. The lowest BCUT2D eigenvalue weighted by Crippen LogP contribution is -2.52. The van der Waals surface area contributed by atoms with E-state index >= 15 is 0 Å². The molecule has 2 N–H and O–H groups in total. The van der Waals surface area contributed by atoms with Gasteiger partial charge in [0.2, 0.25) is 0 Å². The zero-order chi connectivity index (χ0) is 19.5. The predicted molar refractivity (Wildman–Crippen MR) is 115 cm³/mol. The number of benzene rings is 2. The molecule has 146 valence electrons. The third kappa shape index (κ3) is 3.94. The summed E-state index contributed by atoms with van der Waals surface area (Å²) in [5.74, 6) is 0. The van der Waals surface area contributed by atoms with E-state index in [-0.39, 0.29) is 6.03 Å². The maximum atomic E-state index is 12.5. The minimum atomic E-state index is 0.0207. The Bertz CT molecular complexity index is 976. The second-order valence-corrected chi connectivity index (χ2v) is 7.68. The number of carbonyl (C=O) groups is 1. The Labute approximate surface area is 170 Å². The van der Waals surface area contributed by atoms with E-state index in [4.69, 9.17) is 11.6 Å². The highest BCUT2D eigenvalue weighted by molar-refractivity contribution is 6.30. The number of aryl methyl sites for hydroxylation is 1. The van der Waals surface area contributed by atoms with Crippen molar-refractivity contribution in [2.45, 2.75) is 13.3 Å². The molecule has 3 aromatic rings. The summed E-state index contributed by atoms with van der Waals surface area (Å²) in [7, 11) is 0. The SMILES string of the molecule is Cc1cc(Cl)ccc1N1CCN(C(=O)NCCc2c[nH]c3ccccc23)CC1. The molecule has 0 saturated carbocycles. The molecule has 5 nitrogen and oxygen atoms in total. The van der Waals surface area contributed by atoms with E-state index in [9.17, 15) is 4.79 Å². The van der Waals surface area contributed by atoms with Gasteiger partial charge in [-0.25, -0.2) is 4.79 Å². The quantitative estimate of drug-likeness (QED) is 0.694. The van der Waals surface area contributed by atoms with Gasteiger partial charge in [-0.1, -0.05) is 29.8 Å². The molecule has 1 saturated heterocycles. The van der Waals surface area contributed by atoms with Gasteiger partial charge in [-0.2, -0.15) is 0 Å². The van der Waals surface area contributed by atoms with Crippen LogP contribution in [0.25, 0.3) is 10.9 Å². The zero-order valence-corrected chi connectivity index (χ0v) is 16.8. The van der Waals surface area contributed by atoms with Crippen LogP contribution in [0.4, 0.5) is 10.5 Å². The Kier molecular flexibility index (Phi) is 5.44. The number of urea groups is 1. The molecule has 0 aliphatic carbocycles. The highest BCUT2D eigenvalue weighted by Crippen LogP contribution is 2.24. The Morgan fingerprint density at radius 2 is 1.93 bits per heavy atom. The van der Waals surface area contributed by atoms with Crippen LogP contribution in [0.1, 0.15) is 11.1 Å². The van der Waals surface area contributed by atoms with Gasteiger partial charge in [0.1, 0.15) is 0 Å². The van der Waals surface area contributed by atoms with Crippen molar-refractivity contribution in [3.8, 4) is 0 Å². The number of nitrogens with one attached hydrogen (secondary N) is 2. The number of nitrogens with zero attached hydrogens (tertiary/aromatic N) is 2. The lowest BCUT2D eigenvalue weighted by molar-refractivity contribution is 0.194. The minimum Gasteiger partial charge on any atom is -0.368 e. The summed E-state index contributed by atoms with van der Waals surface area (Å²) >= 11 is 6.06. The number of fused-ring (bicyclic) bond motifs is 1. The van der Waals surface area contributed by atoms with Crippen molar-refractivity contribution in [2.24, 2.45) is 0 Å². The van der Waals surface area contributed by atoms with Crippen LogP contribution >= 0.6 is 11.6 Å². The summed E-state index contributed by atoms with van der Waals surface area (Å²) in [4.78, 5) is 20.0. The minimum absolute atomic E-state index is 0.0207. The van der Waals surface area contributed by atoms with Crippen LogP contribution in [-0.4, -0.2) is 48.6 Å². The Balaban J connectivity index is 1.27. The molecule has 0 unspecified atom stereocenters. The first-order valence-corrected chi connectivity index (χ1v) is 10.1. The van der Waals surface area contributed by atoms with Crippen LogP contribution < -0.4 is 10.2 Å². The lowest BCUT2D eigenvalue weighted by Gasteiger charge is -2.36. The molecule has 4 rings (SSSR count). The third-order valence-electron chi connectivity index (χ3n) is 5.41. The molecule has 1 aliphatic rings. The number of para-hydroxylation sites is 1. The summed E-state index contributed by atoms with van der Waals surface area (Å²) in [6, 6.07) is 14.2. The van der Waals surface area contributed by atoms with E-state index in [0.29, 0.717) is 6.54 Å². The van der Waals surface area contributed by atoms with Crippen molar-refractivity contribution in [3.05, 3.63) is 64.8 Å². The van der Waals surface area contributed by atoms with E-state index < -0.39 is 0 Å². The fourth-order valence-corrected chi connectivity index (χ4v) is 4.11. The second kappa shape index (κ2) is 8.15. The average molecular weight is 397 g/mol. The van der Waals surface area contributed by atoms with Crippen molar-refractivity contribution in [3.63, 3.8) is 0 Å². The number of anilines is 1. The number of carbonyl (C=O) groups excluding carboxylic acids is 1. The maximum Gasteiger partial charge on any atom is 0.317 e. The topological polar surface area (TPSA) is 51.4 Å². The summed E-state index contributed by atoms with van der Waals surface area (Å²) in [5, 5.41) is 5.05. The standard InChI is InChI=1S/C22H25ClN4O/c1-16-14-18(23)6-7-21(16)26-10-12-27(13-11-26)22(28)24-9-8-17-15-25-20-5-3-2-4-19(17)20/h2-7,14-15,25H,8-13H2,1H3,(H,24,28). The van der Waals surface area contributed by atoms with E-state index in [1.807, 2.05) is 35.4 Å². The second-order valence-electron chi connectivity index (χ2n) is 7.25. The normalized spacial score (nSPS) is 14.5. The fraction of sp³-hybridized carbons (Fsp3) is 0.318. The summed E-state index contributed by atoms with van der Waals surface area (Å²) in [5.41, 5.74) is 4.74. The van der Waals surface area contributed by atoms with Gasteiger partial charge in [-0.15, -0.1) is 0 Å². The van der Waals surface area contributed by atoms with Crippen LogP contribution in [-0.2, 0) is 6.42 Å². The molecule has 2 aromatic carbocycles. The van der Waals surface area contributed by atoms with Crippen LogP contribution in [0.3, 0.4) is 0 Å². The third-order valence-corrected chi connectivity index (χ3v) is 5.65. The molecule has 0 spiro atoms. The van der Waals surface area contributed by atoms with Crippen LogP contribution in [0.5, 0.6) is 0 Å². The zero-order valence-electron chi connectivity index (χ0n) is 16.0. The van der Waals surface area contributed by atoms with Gasteiger partial charge in [0.25, 0.3) is 0 Å². The van der Waals surface area contributed by atoms with E-state index in [0.717, 1.165) is 43.1 Å². The molecule has 6 heteroatoms. The maximum absolute atomic E-state index is 12.5. The van der Waals surface area contributed by atoms with Crippen LogP contribution in [0.2, 0.25) is 5.02 Å². The number of aromatic nitrogens is 1. The number of piperazine rings is 1. The van der Waals surface area contributed by atoms with Gasteiger partial charge < -0.3 is 20.1 Å². The largest absolute Gasteiger partial charge is 0.368 e. The first-order chi connectivity index (χ1) is 13.6. The fourth-order valence-electron chi connectivity index (χ4n) is 3.88. The Hall–Kier alpha value is -2.66. The molecule has 2 amide bonds. The van der Waals surface area contributed by atoms with Gasteiger partial charge in [0.15, 0.2) is 0 Å². The highest BCUT2D eigenvalue weighted by Gasteiger charge is 2.22. The first-order valence-electron chi connectivity index (χ1n) is 9.71. The summed E-state index contributed by atoms with van der Waals surface area (Å²) in [6.07, 6.45) is 2.85. The van der Waals surface area contributed by atoms with Gasteiger partial charge in [-0.05, 0) is 48.7 Å². The van der Waals surface area contributed by atoms with Gasteiger partial charge in [0, 0.05) is 60.5 Å². The first kappa shape index (κ1) is 18.7. The van der Waals surface area contributed by atoms with Crippen molar-refractivity contribution in [2.75, 3.05) is 37.6 Å². The van der Waals surface area contributed by atoms with E-state index in [1.54, 1.807) is 0 Å². The molecular formula is C22H25ClN4O. The van der Waals surface area contributed by atoms with Crippen molar-refractivity contribution in [1.29, 1.82) is 0 Å². The van der Waals surface area contributed by atoms with Crippen LogP contribution in [0, 0.1) is 6.92 Å². The number of amides is 2. The monoisotopic (exact) mass is 396 g/mol. The average Bonchev–Trinajstić information content (AvgIpc) is 3.11. The molecule has 28 heavy (non-hydrogen) atoms. The summed E-state index contributed by atoms with van der Waals surface area (Å²) < 4.78 is 0. The molecule has 1 fully saturated rings. The molecule has 0 atom stereocenters. The highest BCUT2D eigenvalue weighted by atomic mass is 35.5. The van der Waals surface area contributed by atoms with Gasteiger partial charge in [0.05, 0.1) is 0 Å².